The van der Waals surface area contributed by atoms with Crippen molar-refractivity contribution in [1.29, 1.82) is 0 Å². The highest BCUT2D eigenvalue weighted by molar-refractivity contribution is 6.06. The van der Waals surface area contributed by atoms with Gasteiger partial charge in [0.05, 0.1) is 12.2 Å². The lowest BCUT2D eigenvalue weighted by molar-refractivity contribution is 0.102. The summed E-state index contributed by atoms with van der Waals surface area (Å²) in [5.74, 6) is 0.996. The van der Waals surface area contributed by atoms with E-state index in [1.165, 1.54) is 0 Å². The minimum atomic E-state index is -0.177. The van der Waals surface area contributed by atoms with E-state index >= 15 is 0 Å². The molecule has 0 saturated heterocycles. The fraction of sp³-hybridized carbons (Fsp3) is 0.208. The lowest BCUT2D eigenvalue weighted by Gasteiger charge is -2.13. The quantitative estimate of drug-likeness (QED) is 0.500. The Morgan fingerprint density at radius 2 is 1.43 bits per heavy atom. The third-order valence-corrected chi connectivity index (χ3v) is 4.29. The van der Waals surface area contributed by atoms with Crippen molar-refractivity contribution < 1.29 is 9.53 Å². The molecule has 0 spiro atoms. The summed E-state index contributed by atoms with van der Waals surface area (Å²) in [7, 11) is 0. The zero-order valence-electron chi connectivity index (χ0n) is 16.3. The summed E-state index contributed by atoms with van der Waals surface area (Å²) < 4.78 is 5.82. The number of rotatable bonds is 8. The lowest BCUT2D eigenvalue weighted by atomic mass is 10.1. The average Bonchev–Trinajstić information content (AvgIpc) is 2.70. The van der Waals surface area contributed by atoms with Crippen LogP contribution in [0.2, 0.25) is 0 Å². The third kappa shape index (κ3) is 5.61. The third-order valence-electron chi connectivity index (χ3n) is 4.29. The normalized spacial score (nSPS) is 10.5. The number of nitrogens with one attached hydrogen (secondary N) is 2. The van der Waals surface area contributed by atoms with Crippen molar-refractivity contribution in [3.8, 4) is 5.75 Å². The highest BCUT2D eigenvalue weighted by Gasteiger charge is 2.12. The number of anilines is 3. The Morgan fingerprint density at radius 3 is 2.14 bits per heavy atom. The van der Waals surface area contributed by atoms with Crippen LogP contribution in [-0.2, 0) is 0 Å². The number of hydrogen-bond acceptors (Lipinski definition) is 3. The molecule has 0 aliphatic carbocycles. The Balaban J connectivity index is 1.63. The number of para-hydroxylation sites is 2. The van der Waals surface area contributed by atoms with Gasteiger partial charge in [0.15, 0.2) is 0 Å². The molecule has 3 rings (SSSR count). The average molecular weight is 374 g/mol. The maximum atomic E-state index is 12.7. The molecule has 0 bridgehead atoms. The number of carbonyl (C=O) groups excluding carboxylic acids is 1. The molecule has 0 saturated carbocycles. The van der Waals surface area contributed by atoms with E-state index in [9.17, 15) is 4.79 Å². The van der Waals surface area contributed by atoms with Crippen LogP contribution in [0.25, 0.3) is 0 Å². The highest BCUT2D eigenvalue weighted by atomic mass is 16.5. The molecular formula is C24H26N2O2. The van der Waals surface area contributed by atoms with E-state index in [-0.39, 0.29) is 5.91 Å². The van der Waals surface area contributed by atoms with E-state index in [1.54, 1.807) is 6.07 Å². The predicted octanol–water partition coefficient (Wildman–Crippen LogP) is 6.11. The topological polar surface area (TPSA) is 50.4 Å². The van der Waals surface area contributed by atoms with Gasteiger partial charge in [-0.15, -0.1) is 0 Å². The van der Waals surface area contributed by atoms with Crippen molar-refractivity contribution in [2.45, 2.75) is 20.3 Å². The van der Waals surface area contributed by atoms with Crippen LogP contribution in [0.5, 0.6) is 5.75 Å². The van der Waals surface area contributed by atoms with Gasteiger partial charge in [0.1, 0.15) is 5.75 Å². The van der Waals surface area contributed by atoms with Gasteiger partial charge < -0.3 is 15.4 Å². The molecule has 0 aliphatic heterocycles. The first-order valence-corrected chi connectivity index (χ1v) is 9.57. The smallest absolute Gasteiger partial charge is 0.259 e. The van der Waals surface area contributed by atoms with Crippen molar-refractivity contribution in [3.05, 3.63) is 84.4 Å². The Labute approximate surface area is 166 Å². The largest absolute Gasteiger partial charge is 0.493 e. The van der Waals surface area contributed by atoms with E-state index in [2.05, 4.69) is 24.5 Å². The van der Waals surface area contributed by atoms with Crippen LogP contribution in [0.1, 0.15) is 30.6 Å². The van der Waals surface area contributed by atoms with E-state index < -0.39 is 0 Å². The Kier molecular flexibility index (Phi) is 6.68. The van der Waals surface area contributed by atoms with Gasteiger partial charge in [-0.3, -0.25) is 4.79 Å². The second-order valence-corrected chi connectivity index (χ2v) is 7.05. The van der Waals surface area contributed by atoms with Crippen LogP contribution in [0.4, 0.5) is 17.1 Å². The molecule has 3 aromatic rings. The van der Waals surface area contributed by atoms with Crippen molar-refractivity contribution in [2.75, 3.05) is 17.2 Å². The molecule has 4 heteroatoms. The predicted molar refractivity (Wildman–Crippen MR) is 116 cm³/mol. The molecule has 0 unspecified atom stereocenters. The SMILES string of the molecule is CC(C)CCOc1ccccc1C(=O)Nc1ccc(Nc2ccccc2)cc1. The molecule has 0 heterocycles. The molecule has 2 N–H and O–H groups in total. The summed E-state index contributed by atoms with van der Waals surface area (Å²) in [6.07, 6.45) is 0.950. The minimum absolute atomic E-state index is 0.177. The first kappa shape index (κ1) is 19.5. The van der Waals surface area contributed by atoms with Crippen LogP contribution < -0.4 is 15.4 Å². The Morgan fingerprint density at radius 1 is 0.821 bits per heavy atom. The molecule has 0 radical (unpaired) electrons. The first-order valence-electron chi connectivity index (χ1n) is 9.57. The number of amides is 1. The van der Waals surface area contributed by atoms with Gasteiger partial charge in [-0.2, -0.15) is 0 Å². The minimum Gasteiger partial charge on any atom is -0.493 e. The zero-order chi connectivity index (χ0) is 19.8. The van der Waals surface area contributed by atoms with Crippen molar-refractivity contribution in [2.24, 2.45) is 5.92 Å². The summed E-state index contributed by atoms with van der Waals surface area (Å²) in [6, 6.07) is 24.9. The van der Waals surface area contributed by atoms with E-state index in [4.69, 9.17) is 4.74 Å². The molecule has 0 aliphatic rings. The summed E-state index contributed by atoms with van der Waals surface area (Å²) in [5.41, 5.74) is 3.26. The second kappa shape index (κ2) is 9.60. The first-order chi connectivity index (χ1) is 13.6. The van der Waals surface area contributed by atoms with Gasteiger partial charge in [-0.25, -0.2) is 0 Å². The molecule has 144 valence electrons. The zero-order valence-corrected chi connectivity index (χ0v) is 16.3. The highest BCUT2D eigenvalue weighted by Crippen LogP contribution is 2.22. The number of benzene rings is 3. The van der Waals surface area contributed by atoms with E-state index in [1.807, 2.05) is 72.8 Å². The summed E-state index contributed by atoms with van der Waals surface area (Å²) in [6.45, 7) is 4.90. The van der Waals surface area contributed by atoms with Crippen molar-refractivity contribution in [1.82, 2.24) is 0 Å². The van der Waals surface area contributed by atoms with Crippen LogP contribution >= 0.6 is 0 Å². The second-order valence-electron chi connectivity index (χ2n) is 7.05. The summed E-state index contributed by atoms with van der Waals surface area (Å²) >= 11 is 0. The molecule has 0 atom stereocenters. The molecule has 3 aromatic carbocycles. The maximum absolute atomic E-state index is 12.7. The van der Waals surface area contributed by atoms with Crippen molar-refractivity contribution >= 4 is 23.0 Å². The summed E-state index contributed by atoms with van der Waals surface area (Å²) in [5, 5.41) is 6.27. The van der Waals surface area contributed by atoms with Gasteiger partial charge >= 0.3 is 0 Å². The van der Waals surface area contributed by atoms with Crippen LogP contribution in [0.3, 0.4) is 0 Å². The maximum Gasteiger partial charge on any atom is 0.259 e. The molecular weight excluding hydrogens is 348 g/mol. The molecule has 1 amide bonds. The van der Waals surface area contributed by atoms with Gasteiger partial charge in [0.2, 0.25) is 0 Å². The van der Waals surface area contributed by atoms with E-state index in [0.29, 0.717) is 23.8 Å². The fourth-order valence-electron chi connectivity index (χ4n) is 2.71. The van der Waals surface area contributed by atoms with E-state index in [0.717, 1.165) is 23.5 Å². The molecule has 4 nitrogen and oxygen atoms in total. The van der Waals surface area contributed by atoms with Gasteiger partial charge in [-0.05, 0) is 60.9 Å². The molecule has 28 heavy (non-hydrogen) atoms. The molecule has 0 fully saturated rings. The summed E-state index contributed by atoms with van der Waals surface area (Å²) in [4.78, 5) is 12.7. The van der Waals surface area contributed by atoms with Gasteiger partial charge in [0.25, 0.3) is 5.91 Å². The monoisotopic (exact) mass is 374 g/mol. The number of hydrogen-bond donors (Lipinski definition) is 2. The number of ether oxygens (including phenoxy) is 1. The molecule has 0 aromatic heterocycles. The number of carbonyl (C=O) groups is 1. The Hall–Kier alpha value is -3.27. The lowest BCUT2D eigenvalue weighted by Crippen LogP contribution is -2.14. The van der Waals surface area contributed by atoms with Crippen LogP contribution in [0, 0.1) is 5.92 Å². The Bertz CT molecular complexity index is 890. The fourth-order valence-corrected chi connectivity index (χ4v) is 2.71. The van der Waals surface area contributed by atoms with Crippen molar-refractivity contribution in [3.63, 3.8) is 0 Å². The van der Waals surface area contributed by atoms with Crippen LogP contribution in [0.15, 0.2) is 78.9 Å². The standard InChI is InChI=1S/C24H26N2O2/c1-18(2)16-17-28-23-11-7-6-10-22(23)24(27)26-21-14-12-20(13-15-21)25-19-8-4-3-5-9-19/h3-15,18,25H,16-17H2,1-2H3,(H,26,27). The van der Waals surface area contributed by atoms with Gasteiger partial charge in [0, 0.05) is 17.1 Å². The van der Waals surface area contributed by atoms with Crippen LogP contribution in [-0.4, -0.2) is 12.5 Å². The van der Waals surface area contributed by atoms with Gasteiger partial charge in [-0.1, -0.05) is 44.2 Å².